The third kappa shape index (κ3) is 2.90. The van der Waals surface area contributed by atoms with Crippen LogP contribution in [0.25, 0.3) is 0 Å². The molecule has 1 aromatic rings. The average molecular weight is 318 g/mol. The van der Waals surface area contributed by atoms with Gasteiger partial charge in [0.2, 0.25) is 0 Å². The van der Waals surface area contributed by atoms with Gasteiger partial charge in [0.1, 0.15) is 14.8 Å². The molecule has 6 nitrogen and oxygen atoms in total. The third-order valence-electron chi connectivity index (χ3n) is 3.33. The predicted octanol–water partition coefficient (Wildman–Crippen LogP) is 1.73. The number of nitrogen functional groups attached to an aromatic ring is 1. The summed E-state index contributed by atoms with van der Waals surface area (Å²) >= 11 is 1.03. The Morgan fingerprint density at radius 3 is 2.55 bits per heavy atom. The fraction of sp³-hybridized carbons (Fsp3) is 0.583. The van der Waals surface area contributed by atoms with Gasteiger partial charge in [0.05, 0.1) is 12.8 Å². The van der Waals surface area contributed by atoms with E-state index in [0.717, 1.165) is 30.4 Å². The fourth-order valence-corrected chi connectivity index (χ4v) is 4.63. The van der Waals surface area contributed by atoms with Crippen LogP contribution < -0.4 is 11.1 Å². The molecule has 3 N–H and O–H groups in total. The number of methoxy groups -OCH3 is 1. The molecule has 112 valence electrons. The van der Waals surface area contributed by atoms with E-state index in [9.17, 15) is 13.2 Å². The van der Waals surface area contributed by atoms with Crippen molar-refractivity contribution in [3.05, 3.63) is 4.88 Å². The number of rotatable bonds is 5. The Hall–Kier alpha value is -1.28. The molecular weight excluding hydrogens is 300 g/mol. The first-order valence-corrected chi connectivity index (χ1v) is 8.93. The van der Waals surface area contributed by atoms with E-state index in [4.69, 9.17) is 5.73 Å². The van der Waals surface area contributed by atoms with Crippen LogP contribution in [-0.4, -0.2) is 33.8 Å². The molecule has 1 saturated carbocycles. The van der Waals surface area contributed by atoms with Gasteiger partial charge in [-0.1, -0.05) is 0 Å². The van der Waals surface area contributed by atoms with E-state index in [1.807, 2.05) is 6.92 Å². The molecule has 20 heavy (non-hydrogen) atoms. The maximum Gasteiger partial charge on any atom is 0.350 e. The molecule has 0 spiro atoms. The minimum atomic E-state index is -3.52. The molecule has 0 amide bonds. The smallest absolute Gasteiger partial charge is 0.350 e. The molecule has 1 fully saturated rings. The van der Waals surface area contributed by atoms with Crippen LogP contribution in [0.2, 0.25) is 0 Å². The molecule has 0 saturated heterocycles. The monoisotopic (exact) mass is 318 g/mol. The zero-order valence-corrected chi connectivity index (χ0v) is 13.2. The van der Waals surface area contributed by atoms with E-state index in [-0.39, 0.29) is 21.5 Å². The molecule has 0 radical (unpaired) electrons. The topological polar surface area (TPSA) is 98.5 Å². The second kappa shape index (κ2) is 5.25. The Kier molecular flexibility index (Phi) is 3.97. The van der Waals surface area contributed by atoms with Crippen molar-refractivity contribution in [2.24, 2.45) is 5.92 Å². The number of carbonyl (C=O) groups excluding carboxylic acids is 1. The molecule has 1 aliphatic rings. The highest BCUT2D eigenvalue weighted by Gasteiger charge is 2.32. The summed E-state index contributed by atoms with van der Waals surface area (Å²) in [6.07, 6.45) is 3.35. The van der Waals surface area contributed by atoms with Crippen molar-refractivity contribution in [1.82, 2.24) is 0 Å². The molecule has 1 heterocycles. The third-order valence-corrected chi connectivity index (χ3v) is 5.74. The van der Waals surface area contributed by atoms with Crippen LogP contribution in [0.5, 0.6) is 0 Å². The Labute approximate surface area is 122 Å². The number of thiophene rings is 1. The molecule has 0 aliphatic heterocycles. The van der Waals surface area contributed by atoms with Crippen LogP contribution in [0, 0.1) is 5.92 Å². The van der Waals surface area contributed by atoms with Crippen LogP contribution in [0.3, 0.4) is 0 Å². The Bertz CT molecular complexity index is 632. The molecular formula is C12H18N2O4S2. The number of ether oxygens (including phenoxy) is 1. The molecule has 8 heteroatoms. The lowest BCUT2D eigenvalue weighted by Crippen LogP contribution is -2.18. The highest BCUT2D eigenvalue weighted by molar-refractivity contribution is 7.91. The Morgan fingerprint density at radius 1 is 1.50 bits per heavy atom. The summed E-state index contributed by atoms with van der Waals surface area (Å²) < 4.78 is 28.4. The minimum Gasteiger partial charge on any atom is -0.465 e. The van der Waals surface area contributed by atoms with Gasteiger partial charge < -0.3 is 15.8 Å². The molecule has 1 atom stereocenters. The first-order chi connectivity index (χ1) is 9.25. The Balaban J connectivity index is 2.45. The van der Waals surface area contributed by atoms with E-state index < -0.39 is 15.8 Å². The van der Waals surface area contributed by atoms with Gasteiger partial charge in [-0.2, -0.15) is 0 Å². The van der Waals surface area contributed by atoms with Gasteiger partial charge in [-0.25, -0.2) is 13.2 Å². The number of hydrogen-bond acceptors (Lipinski definition) is 7. The zero-order valence-electron chi connectivity index (χ0n) is 11.6. The van der Waals surface area contributed by atoms with E-state index >= 15 is 0 Å². The number of sulfone groups is 1. The van der Waals surface area contributed by atoms with Gasteiger partial charge in [0, 0.05) is 12.3 Å². The number of nitrogens with one attached hydrogen (secondary N) is 1. The zero-order chi connectivity index (χ0) is 15.1. The molecule has 1 aliphatic carbocycles. The maximum atomic E-state index is 11.9. The number of anilines is 2. The van der Waals surface area contributed by atoms with Gasteiger partial charge in [-0.3, -0.25) is 0 Å². The number of carbonyl (C=O) groups is 1. The summed E-state index contributed by atoms with van der Waals surface area (Å²) in [7, 11) is -2.28. The summed E-state index contributed by atoms with van der Waals surface area (Å²) in [4.78, 5) is 11.8. The average Bonchev–Trinajstić information content (AvgIpc) is 3.12. The largest absolute Gasteiger partial charge is 0.465 e. The second-order valence-electron chi connectivity index (χ2n) is 5.04. The lowest BCUT2D eigenvalue weighted by Gasteiger charge is -2.13. The van der Waals surface area contributed by atoms with E-state index in [2.05, 4.69) is 10.1 Å². The summed E-state index contributed by atoms with van der Waals surface area (Å²) in [5.74, 6) is -0.0724. The van der Waals surface area contributed by atoms with Crippen LogP contribution >= 0.6 is 11.3 Å². The normalized spacial score (nSPS) is 16.8. The summed E-state index contributed by atoms with van der Waals surface area (Å²) in [6.45, 7) is 2.00. The van der Waals surface area contributed by atoms with Crippen LogP contribution in [0.1, 0.15) is 29.4 Å². The molecule has 0 aromatic carbocycles. The van der Waals surface area contributed by atoms with Gasteiger partial charge in [0.15, 0.2) is 9.84 Å². The van der Waals surface area contributed by atoms with Crippen molar-refractivity contribution in [1.29, 1.82) is 0 Å². The maximum absolute atomic E-state index is 11.9. The summed E-state index contributed by atoms with van der Waals surface area (Å²) in [5.41, 5.74) is 5.79. The van der Waals surface area contributed by atoms with Gasteiger partial charge >= 0.3 is 5.97 Å². The predicted molar refractivity (Wildman–Crippen MR) is 79.0 cm³/mol. The quantitative estimate of drug-likeness (QED) is 0.802. The van der Waals surface area contributed by atoms with Crippen LogP contribution in [0.4, 0.5) is 10.7 Å². The van der Waals surface area contributed by atoms with Gasteiger partial charge in [0.25, 0.3) is 0 Å². The number of hydrogen-bond donors (Lipinski definition) is 2. The minimum absolute atomic E-state index is 0.00426. The first kappa shape index (κ1) is 15.1. The van der Waals surface area contributed by atoms with Crippen LogP contribution in [0.15, 0.2) is 4.90 Å². The number of nitrogens with two attached hydrogens (primary N) is 1. The molecule has 1 unspecified atom stereocenters. The van der Waals surface area contributed by atoms with Crippen molar-refractivity contribution < 1.29 is 17.9 Å². The van der Waals surface area contributed by atoms with Crippen molar-refractivity contribution in [2.75, 3.05) is 24.4 Å². The Morgan fingerprint density at radius 2 is 2.10 bits per heavy atom. The van der Waals surface area contributed by atoms with Gasteiger partial charge in [-0.15, -0.1) is 11.3 Å². The standard InChI is InChI=1S/C12H18N2O4S2/c1-6(7-4-5-7)14-11-10(20(3,16)17)8(13)9(19-11)12(15)18-2/h6-7,14H,4-5,13H2,1-3H3. The van der Waals surface area contributed by atoms with Crippen molar-refractivity contribution >= 4 is 37.8 Å². The van der Waals surface area contributed by atoms with Crippen molar-refractivity contribution in [2.45, 2.75) is 30.7 Å². The molecule has 1 aromatic heterocycles. The molecule has 0 bridgehead atoms. The summed E-state index contributed by atoms with van der Waals surface area (Å²) in [6, 6.07) is 0.152. The number of esters is 1. The first-order valence-electron chi connectivity index (χ1n) is 6.22. The highest BCUT2D eigenvalue weighted by atomic mass is 32.2. The lowest BCUT2D eigenvalue weighted by atomic mass is 10.2. The molecule has 2 rings (SSSR count). The van der Waals surface area contributed by atoms with E-state index in [0.29, 0.717) is 10.9 Å². The second-order valence-corrected chi connectivity index (χ2v) is 8.01. The summed E-state index contributed by atoms with van der Waals surface area (Å²) in [5, 5.41) is 3.59. The fourth-order valence-electron chi connectivity index (χ4n) is 2.06. The van der Waals surface area contributed by atoms with E-state index in [1.54, 1.807) is 0 Å². The van der Waals surface area contributed by atoms with Gasteiger partial charge in [-0.05, 0) is 25.7 Å². The van der Waals surface area contributed by atoms with Crippen LogP contribution in [-0.2, 0) is 14.6 Å². The lowest BCUT2D eigenvalue weighted by molar-refractivity contribution is 0.0607. The van der Waals surface area contributed by atoms with Crippen molar-refractivity contribution in [3.63, 3.8) is 0 Å². The SMILES string of the molecule is COC(=O)c1sc(NC(C)C2CC2)c(S(C)(=O)=O)c1N. The van der Waals surface area contributed by atoms with E-state index in [1.165, 1.54) is 7.11 Å². The highest BCUT2D eigenvalue weighted by Crippen LogP contribution is 2.42. The van der Waals surface area contributed by atoms with Crippen molar-refractivity contribution in [3.8, 4) is 0 Å².